The quantitative estimate of drug-likeness (QED) is 0.732. The summed E-state index contributed by atoms with van der Waals surface area (Å²) in [6, 6.07) is 10.8. The van der Waals surface area contributed by atoms with Crippen molar-refractivity contribution >= 4 is 21.5 Å². The van der Waals surface area contributed by atoms with Crippen LogP contribution in [-0.4, -0.2) is 51.8 Å². The molecule has 2 aromatic rings. The Kier molecular flexibility index (Phi) is 5.48. The fraction of sp³-hybridized carbons (Fsp3) is 0.316. The van der Waals surface area contributed by atoms with Gasteiger partial charge in [0.25, 0.3) is 0 Å². The van der Waals surface area contributed by atoms with E-state index in [2.05, 4.69) is 0 Å². The smallest absolute Gasteiger partial charge is 0.246 e. The Morgan fingerprint density at radius 3 is 2.33 bits per heavy atom. The molecule has 0 aliphatic carbocycles. The summed E-state index contributed by atoms with van der Waals surface area (Å²) < 4.78 is 46.7. The van der Waals surface area contributed by atoms with E-state index in [1.807, 2.05) is 0 Å². The maximum atomic E-state index is 14.3. The molecule has 8 heteroatoms. The number of rotatable bonds is 5. The van der Waals surface area contributed by atoms with Crippen LogP contribution in [0.5, 0.6) is 5.75 Å². The molecule has 6 nitrogen and oxygen atoms in total. The average Bonchev–Trinajstić information content (AvgIpc) is 2.68. The first-order chi connectivity index (χ1) is 12.8. The predicted molar refractivity (Wildman–Crippen MR) is 100 cm³/mol. The molecular weight excluding hydrogens is 371 g/mol. The van der Waals surface area contributed by atoms with Gasteiger partial charge in [-0.05, 0) is 37.3 Å². The van der Waals surface area contributed by atoms with Crippen molar-refractivity contribution in [2.45, 2.75) is 11.8 Å². The van der Waals surface area contributed by atoms with Crippen molar-refractivity contribution in [1.29, 1.82) is 0 Å². The number of ether oxygens (including phenoxy) is 1. The molecule has 0 unspecified atom stereocenters. The van der Waals surface area contributed by atoms with E-state index < -0.39 is 15.8 Å². The summed E-state index contributed by atoms with van der Waals surface area (Å²) in [6.45, 7) is 2.55. The maximum absolute atomic E-state index is 14.3. The van der Waals surface area contributed by atoms with Crippen molar-refractivity contribution in [3.63, 3.8) is 0 Å². The minimum Gasteiger partial charge on any atom is -0.495 e. The second-order valence-electron chi connectivity index (χ2n) is 6.26. The van der Waals surface area contributed by atoms with Gasteiger partial charge in [0.1, 0.15) is 16.5 Å². The van der Waals surface area contributed by atoms with Gasteiger partial charge in [-0.25, -0.2) is 12.8 Å². The Morgan fingerprint density at radius 1 is 1.07 bits per heavy atom. The highest BCUT2D eigenvalue weighted by Crippen LogP contribution is 2.28. The van der Waals surface area contributed by atoms with Crippen LogP contribution in [0.15, 0.2) is 47.4 Å². The number of piperazine rings is 1. The third kappa shape index (κ3) is 3.81. The van der Waals surface area contributed by atoms with Crippen LogP contribution >= 0.6 is 0 Å². The van der Waals surface area contributed by atoms with Gasteiger partial charge in [0.15, 0.2) is 5.78 Å². The molecule has 1 saturated heterocycles. The molecule has 27 heavy (non-hydrogen) atoms. The molecule has 144 valence electrons. The van der Waals surface area contributed by atoms with Crippen molar-refractivity contribution in [2.24, 2.45) is 0 Å². The number of methoxy groups -OCH3 is 1. The molecule has 0 amide bonds. The van der Waals surface area contributed by atoms with Crippen molar-refractivity contribution in [3.05, 3.63) is 53.8 Å². The van der Waals surface area contributed by atoms with Gasteiger partial charge < -0.3 is 9.64 Å². The van der Waals surface area contributed by atoms with Gasteiger partial charge in [-0.3, -0.25) is 4.79 Å². The maximum Gasteiger partial charge on any atom is 0.246 e. The standard InChI is InChI=1S/C19H21FN2O4S/c1-14(23)15-7-8-17(16(20)13-15)21-9-11-22(12-10-21)27(24,25)19-6-4-3-5-18(19)26-2/h3-8,13H,9-12H2,1-2H3. The number of hydrogen-bond donors (Lipinski definition) is 0. The van der Waals surface area contributed by atoms with E-state index in [1.165, 1.54) is 30.5 Å². The van der Waals surface area contributed by atoms with E-state index in [-0.39, 0.29) is 23.8 Å². The number of nitrogens with zero attached hydrogens (tertiary/aromatic N) is 2. The first-order valence-corrected chi connectivity index (χ1v) is 9.97. The van der Waals surface area contributed by atoms with Crippen LogP contribution < -0.4 is 9.64 Å². The van der Waals surface area contributed by atoms with Gasteiger partial charge in [0, 0.05) is 31.7 Å². The van der Waals surface area contributed by atoms with E-state index in [0.29, 0.717) is 30.1 Å². The lowest BCUT2D eigenvalue weighted by Crippen LogP contribution is -2.49. The second kappa shape index (κ2) is 7.66. The van der Waals surface area contributed by atoms with Gasteiger partial charge in [0.05, 0.1) is 12.8 Å². The number of benzene rings is 2. The van der Waals surface area contributed by atoms with Crippen LogP contribution in [0, 0.1) is 5.82 Å². The number of para-hydroxylation sites is 1. The zero-order valence-corrected chi connectivity index (χ0v) is 16.0. The van der Waals surface area contributed by atoms with Crippen LogP contribution in [-0.2, 0) is 10.0 Å². The van der Waals surface area contributed by atoms with Crippen LogP contribution in [0.4, 0.5) is 10.1 Å². The lowest BCUT2D eigenvalue weighted by Gasteiger charge is -2.35. The Hall–Kier alpha value is -2.45. The molecule has 2 aromatic carbocycles. The van der Waals surface area contributed by atoms with Gasteiger partial charge in [0.2, 0.25) is 10.0 Å². The minimum atomic E-state index is -3.70. The largest absolute Gasteiger partial charge is 0.495 e. The van der Waals surface area contributed by atoms with E-state index in [9.17, 15) is 17.6 Å². The minimum absolute atomic E-state index is 0.123. The first-order valence-electron chi connectivity index (χ1n) is 8.53. The van der Waals surface area contributed by atoms with Gasteiger partial charge in [-0.15, -0.1) is 0 Å². The van der Waals surface area contributed by atoms with Crippen LogP contribution in [0.3, 0.4) is 0 Å². The molecule has 0 saturated carbocycles. The van der Waals surface area contributed by atoms with Gasteiger partial charge in [-0.2, -0.15) is 4.31 Å². The Morgan fingerprint density at radius 2 is 1.74 bits per heavy atom. The highest BCUT2D eigenvalue weighted by atomic mass is 32.2. The molecule has 1 aliphatic rings. The van der Waals surface area contributed by atoms with Gasteiger partial charge >= 0.3 is 0 Å². The molecule has 0 spiro atoms. The van der Waals surface area contributed by atoms with E-state index in [0.717, 1.165) is 0 Å². The topological polar surface area (TPSA) is 66.9 Å². The molecule has 3 rings (SSSR count). The first kappa shape index (κ1) is 19.3. The molecule has 0 radical (unpaired) electrons. The summed E-state index contributed by atoms with van der Waals surface area (Å²) in [5.74, 6) is -0.386. The molecular formula is C19H21FN2O4S. The monoisotopic (exact) mass is 392 g/mol. The average molecular weight is 392 g/mol. The van der Waals surface area contributed by atoms with Gasteiger partial charge in [-0.1, -0.05) is 12.1 Å². The highest BCUT2D eigenvalue weighted by molar-refractivity contribution is 7.89. The van der Waals surface area contributed by atoms with Crippen molar-refractivity contribution in [2.75, 3.05) is 38.2 Å². The fourth-order valence-electron chi connectivity index (χ4n) is 3.12. The van der Waals surface area contributed by atoms with Crippen LogP contribution in [0.1, 0.15) is 17.3 Å². The number of halogens is 1. The van der Waals surface area contributed by atoms with Crippen LogP contribution in [0.25, 0.3) is 0 Å². The lowest BCUT2D eigenvalue weighted by molar-refractivity contribution is 0.101. The van der Waals surface area contributed by atoms with E-state index >= 15 is 0 Å². The third-order valence-electron chi connectivity index (χ3n) is 4.62. The number of sulfonamides is 1. The summed E-state index contributed by atoms with van der Waals surface area (Å²) in [6.07, 6.45) is 0. The third-order valence-corrected chi connectivity index (χ3v) is 6.56. The zero-order valence-electron chi connectivity index (χ0n) is 15.2. The van der Waals surface area contributed by atoms with E-state index in [1.54, 1.807) is 35.2 Å². The SMILES string of the molecule is COc1ccccc1S(=O)(=O)N1CCN(c2ccc(C(C)=O)cc2F)CC1. The molecule has 1 heterocycles. The van der Waals surface area contributed by atoms with E-state index in [4.69, 9.17) is 4.74 Å². The molecule has 1 fully saturated rings. The zero-order chi connectivity index (χ0) is 19.6. The molecule has 0 N–H and O–H groups in total. The number of hydrogen-bond acceptors (Lipinski definition) is 5. The molecule has 0 bridgehead atoms. The van der Waals surface area contributed by atoms with Crippen molar-refractivity contribution < 1.29 is 22.3 Å². The number of anilines is 1. The number of carbonyl (C=O) groups excluding carboxylic acids is 1. The predicted octanol–water partition coefficient (Wildman–Crippen LogP) is 2.55. The summed E-state index contributed by atoms with van der Waals surface area (Å²) >= 11 is 0. The summed E-state index contributed by atoms with van der Waals surface area (Å²) in [5.41, 5.74) is 0.683. The molecule has 0 atom stereocenters. The van der Waals surface area contributed by atoms with Crippen molar-refractivity contribution in [3.8, 4) is 5.75 Å². The lowest BCUT2D eigenvalue weighted by atomic mass is 10.1. The Labute approximate surface area is 158 Å². The Bertz CT molecular complexity index is 954. The molecule has 1 aliphatic heterocycles. The second-order valence-corrected chi connectivity index (χ2v) is 8.17. The van der Waals surface area contributed by atoms with Crippen molar-refractivity contribution in [1.82, 2.24) is 4.31 Å². The highest BCUT2D eigenvalue weighted by Gasteiger charge is 2.31. The molecule has 0 aromatic heterocycles. The number of ketones is 1. The Balaban J connectivity index is 1.76. The summed E-state index contributed by atoms with van der Waals surface area (Å²) in [4.78, 5) is 13.3. The van der Waals surface area contributed by atoms with Crippen LogP contribution in [0.2, 0.25) is 0 Å². The normalized spacial score (nSPS) is 15.6. The summed E-state index contributed by atoms with van der Waals surface area (Å²) in [7, 11) is -2.26. The summed E-state index contributed by atoms with van der Waals surface area (Å²) in [5, 5.41) is 0. The number of Topliss-reactive ketones (excluding diaryl/α,β-unsaturated/α-hetero) is 1. The fourth-order valence-corrected chi connectivity index (χ4v) is 4.70. The number of carbonyl (C=O) groups is 1.